The lowest BCUT2D eigenvalue weighted by atomic mass is 10.0. The van der Waals surface area contributed by atoms with E-state index in [9.17, 15) is 14.7 Å². The lowest BCUT2D eigenvalue weighted by Crippen LogP contribution is -2.54. The second-order valence-electron chi connectivity index (χ2n) is 9.28. The average molecular weight is 522 g/mol. The fourth-order valence-corrected chi connectivity index (χ4v) is 4.54. The highest BCUT2D eigenvalue weighted by Gasteiger charge is 2.31. The Morgan fingerprint density at radius 3 is 2.46 bits per heavy atom. The van der Waals surface area contributed by atoms with Crippen LogP contribution in [-0.4, -0.2) is 47.9 Å². The van der Waals surface area contributed by atoms with Gasteiger partial charge in [0, 0.05) is 48.6 Å². The van der Waals surface area contributed by atoms with E-state index in [0.29, 0.717) is 47.9 Å². The number of rotatable bonds is 8. The zero-order valence-corrected chi connectivity index (χ0v) is 21.3. The number of aromatic carboxylic acids is 1. The number of aromatic nitrogens is 1. The Bertz CT molecular complexity index is 1520. The van der Waals surface area contributed by atoms with Gasteiger partial charge in [0.25, 0.3) is 0 Å². The van der Waals surface area contributed by atoms with Gasteiger partial charge in [-0.15, -0.1) is 0 Å². The number of urea groups is 1. The Morgan fingerprint density at radius 2 is 1.77 bits per heavy atom. The number of ether oxygens (including phenoxy) is 1. The molecule has 0 spiro atoms. The molecule has 3 aromatic carbocycles. The van der Waals surface area contributed by atoms with Gasteiger partial charge in [0.1, 0.15) is 11.9 Å². The molecule has 0 saturated carbocycles. The summed E-state index contributed by atoms with van der Waals surface area (Å²) in [6.07, 6.45) is 3.79. The van der Waals surface area contributed by atoms with E-state index in [1.54, 1.807) is 43.4 Å². The third kappa shape index (κ3) is 5.70. The summed E-state index contributed by atoms with van der Waals surface area (Å²) in [5.74, 6) is -0.257. The van der Waals surface area contributed by atoms with Crippen molar-refractivity contribution in [2.45, 2.75) is 12.6 Å². The number of carboxylic acids is 1. The van der Waals surface area contributed by atoms with E-state index in [1.165, 1.54) is 4.90 Å². The van der Waals surface area contributed by atoms with E-state index in [2.05, 4.69) is 16.3 Å². The Balaban J connectivity index is 1.19. The van der Waals surface area contributed by atoms with Gasteiger partial charge in [-0.25, -0.2) is 9.59 Å². The number of carboxylic acid groups (broad SMARTS) is 1. The topological polar surface area (TPSA) is 111 Å². The maximum atomic E-state index is 12.7. The molecular weight excluding hydrogens is 494 g/mol. The Morgan fingerprint density at radius 1 is 1.05 bits per heavy atom. The third-order valence-corrected chi connectivity index (χ3v) is 6.65. The number of nitrogens with zero attached hydrogens (tertiary/aromatic N) is 4. The van der Waals surface area contributed by atoms with Gasteiger partial charge in [-0.1, -0.05) is 12.1 Å². The van der Waals surface area contributed by atoms with Crippen LogP contribution in [0.15, 0.2) is 91.3 Å². The number of carbonyl (C=O) groups excluding carboxylic acids is 1. The summed E-state index contributed by atoms with van der Waals surface area (Å²) in [4.78, 5) is 28.1. The number of anilines is 3. The van der Waals surface area contributed by atoms with Gasteiger partial charge in [-0.05, 0) is 66.7 Å². The van der Waals surface area contributed by atoms with Crippen LogP contribution in [0.3, 0.4) is 0 Å². The molecule has 0 unspecified atom stereocenters. The highest BCUT2D eigenvalue weighted by Crippen LogP contribution is 2.31. The molecule has 1 fully saturated rings. The summed E-state index contributed by atoms with van der Waals surface area (Å²) >= 11 is 0. The van der Waals surface area contributed by atoms with E-state index in [0.717, 1.165) is 11.3 Å². The Kier molecular flexibility index (Phi) is 7.19. The van der Waals surface area contributed by atoms with Crippen LogP contribution >= 0.6 is 0 Å². The molecule has 196 valence electrons. The van der Waals surface area contributed by atoms with Crippen molar-refractivity contribution in [1.82, 2.24) is 4.57 Å². The van der Waals surface area contributed by atoms with Crippen LogP contribution in [0, 0.1) is 11.3 Å². The van der Waals surface area contributed by atoms with Gasteiger partial charge in [0.2, 0.25) is 0 Å². The number of carbonyl (C=O) groups is 2. The molecule has 9 nitrogen and oxygen atoms in total. The SMILES string of the molecule is CN(C(=O)Nc1cccc(C#N)c1)c1ccc(OC2CN(c3cccc(C(=O)O)c3Cn3cccc3)C2)cc1. The predicted octanol–water partition coefficient (Wildman–Crippen LogP) is 5.04. The number of amides is 2. The van der Waals surface area contributed by atoms with E-state index in [1.807, 2.05) is 59.4 Å². The summed E-state index contributed by atoms with van der Waals surface area (Å²) in [5, 5.41) is 21.6. The molecule has 1 aliphatic rings. The van der Waals surface area contributed by atoms with Crippen LogP contribution in [0.4, 0.5) is 21.9 Å². The van der Waals surface area contributed by atoms with Gasteiger partial charge in [-0.3, -0.25) is 4.90 Å². The first kappa shape index (κ1) is 25.4. The Hall–Kier alpha value is -5.23. The molecule has 2 amide bonds. The molecule has 0 atom stereocenters. The molecule has 0 bridgehead atoms. The normalized spacial score (nSPS) is 12.8. The van der Waals surface area contributed by atoms with Crippen molar-refractivity contribution in [1.29, 1.82) is 5.26 Å². The summed E-state index contributed by atoms with van der Waals surface area (Å²) in [7, 11) is 1.67. The molecule has 39 heavy (non-hydrogen) atoms. The molecule has 1 aliphatic heterocycles. The second kappa shape index (κ2) is 11.0. The molecule has 1 aromatic heterocycles. The third-order valence-electron chi connectivity index (χ3n) is 6.65. The molecule has 2 heterocycles. The molecule has 9 heteroatoms. The van der Waals surface area contributed by atoms with Crippen molar-refractivity contribution in [3.8, 4) is 11.8 Å². The summed E-state index contributed by atoms with van der Waals surface area (Å²) in [6, 6.07) is 24.9. The molecule has 0 aliphatic carbocycles. The fourth-order valence-electron chi connectivity index (χ4n) is 4.54. The van der Waals surface area contributed by atoms with Crippen LogP contribution < -0.4 is 19.9 Å². The van der Waals surface area contributed by atoms with E-state index < -0.39 is 5.97 Å². The van der Waals surface area contributed by atoms with Crippen molar-refractivity contribution in [3.63, 3.8) is 0 Å². The van der Waals surface area contributed by atoms with Crippen LogP contribution in [0.5, 0.6) is 5.75 Å². The number of nitriles is 1. The van der Waals surface area contributed by atoms with Gasteiger partial charge in [0.05, 0.1) is 30.3 Å². The molecular formula is C30H27N5O4. The maximum Gasteiger partial charge on any atom is 0.336 e. The number of hydrogen-bond acceptors (Lipinski definition) is 5. The van der Waals surface area contributed by atoms with Crippen LogP contribution in [0.1, 0.15) is 21.5 Å². The smallest absolute Gasteiger partial charge is 0.336 e. The minimum absolute atomic E-state index is 0.0443. The van der Waals surface area contributed by atoms with Crippen molar-refractivity contribution in [2.75, 3.05) is 35.3 Å². The van der Waals surface area contributed by atoms with Gasteiger partial charge < -0.3 is 24.6 Å². The second-order valence-corrected chi connectivity index (χ2v) is 9.28. The quantitative estimate of drug-likeness (QED) is 0.336. The highest BCUT2D eigenvalue weighted by atomic mass is 16.5. The van der Waals surface area contributed by atoms with Crippen LogP contribution in [0.25, 0.3) is 0 Å². The molecule has 0 radical (unpaired) electrons. The standard InChI is InChI=1S/C30H27N5O4/c1-33(30(38)32-22-7-4-6-21(16-22)17-31)23-10-12-24(13-11-23)39-25-18-35(19-25)28-9-5-8-26(29(36)37)27(28)20-34-14-2-3-15-34/h2-16,25H,18-20H2,1H3,(H,32,38)(H,36,37). The fraction of sp³-hybridized carbons (Fsp3) is 0.167. The maximum absolute atomic E-state index is 12.7. The molecule has 1 saturated heterocycles. The van der Waals surface area contributed by atoms with Crippen molar-refractivity contribution >= 4 is 29.1 Å². The Labute approximate surface area is 226 Å². The van der Waals surface area contributed by atoms with Gasteiger partial charge in [0.15, 0.2) is 0 Å². The minimum atomic E-state index is -0.943. The monoisotopic (exact) mass is 521 g/mol. The predicted molar refractivity (Wildman–Crippen MR) is 149 cm³/mol. The van der Waals surface area contributed by atoms with E-state index >= 15 is 0 Å². The van der Waals surface area contributed by atoms with Crippen LogP contribution in [-0.2, 0) is 6.54 Å². The average Bonchev–Trinajstić information content (AvgIpc) is 3.44. The zero-order valence-electron chi connectivity index (χ0n) is 21.3. The first-order valence-electron chi connectivity index (χ1n) is 12.4. The number of hydrogen-bond donors (Lipinski definition) is 2. The zero-order chi connectivity index (χ0) is 27.4. The van der Waals surface area contributed by atoms with Crippen molar-refractivity contribution < 1.29 is 19.4 Å². The number of benzene rings is 3. The lowest BCUT2D eigenvalue weighted by Gasteiger charge is -2.41. The van der Waals surface area contributed by atoms with Crippen molar-refractivity contribution in [2.24, 2.45) is 0 Å². The number of nitrogens with one attached hydrogen (secondary N) is 1. The van der Waals surface area contributed by atoms with Crippen LogP contribution in [0.2, 0.25) is 0 Å². The van der Waals surface area contributed by atoms with E-state index in [4.69, 9.17) is 10.00 Å². The van der Waals surface area contributed by atoms with Gasteiger partial charge in [-0.2, -0.15) is 5.26 Å². The molecule has 5 rings (SSSR count). The largest absolute Gasteiger partial charge is 0.487 e. The van der Waals surface area contributed by atoms with E-state index in [-0.39, 0.29) is 12.1 Å². The minimum Gasteiger partial charge on any atom is -0.487 e. The summed E-state index contributed by atoms with van der Waals surface area (Å²) < 4.78 is 8.09. The van der Waals surface area contributed by atoms with Crippen molar-refractivity contribution in [3.05, 3.63) is 108 Å². The highest BCUT2D eigenvalue weighted by molar-refractivity contribution is 6.01. The first-order valence-corrected chi connectivity index (χ1v) is 12.4. The molecule has 2 N–H and O–H groups in total. The summed E-state index contributed by atoms with van der Waals surface area (Å²) in [5.41, 5.74) is 3.67. The van der Waals surface area contributed by atoms with Gasteiger partial charge >= 0.3 is 12.0 Å². The first-order chi connectivity index (χ1) is 18.9. The molecule has 4 aromatic rings. The lowest BCUT2D eigenvalue weighted by molar-refractivity contribution is 0.0695. The summed E-state index contributed by atoms with van der Waals surface area (Å²) in [6.45, 7) is 1.74.